The van der Waals surface area contributed by atoms with E-state index >= 15 is 0 Å². The van der Waals surface area contributed by atoms with E-state index < -0.39 is 11.9 Å². The monoisotopic (exact) mass is 298 g/mol. The van der Waals surface area contributed by atoms with E-state index in [-0.39, 0.29) is 0 Å². The van der Waals surface area contributed by atoms with E-state index in [1.54, 1.807) is 0 Å². The third kappa shape index (κ3) is 1.53. The zero-order valence-electron chi connectivity index (χ0n) is 12.0. The molecule has 23 heavy (non-hydrogen) atoms. The number of hydrogen-bond donors (Lipinski definition) is 0. The Kier molecular flexibility index (Phi) is 2.24. The van der Waals surface area contributed by atoms with Crippen molar-refractivity contribution in [3.63, 3.8) is 0 Å². The summed E-state index contributed by atoms with van der Waals surface area (Å²) in [4.78, 5) is 24.8. The van der Waals surface area contributed by atoms with Gasteiger partial charge in [-0.1, -0.05) is 48.5 Å². The lowest BCUT2D eigenvalue weighted by Crippen LogP contribution is -2.20. The number of cyclic esters (lactones) is 2. The molecule has 1 heterocycles. The molecule has 0 radical (unpaired) electrons. The molecule has 0 saturated heterocycles. The fourth-order valence-corrected chi connectivity index (χ4v) is 3.52. The summed E-state index contributed by atoms with van der Waals surface area (Å²) >= 11 is 0. The van der Waals surface area contributed by atoms with Crippen molar-refractivity contribution in [1.29, 1.82) is 0 Å². The van der Waals surface area contributed by atoms with Crippen LogP contribution in [-0.4, -0.2) is 11.9 Å². The molecule has 108 valence electrons. The number of hydrogen-bond acceptors (Lipinski definition) is 3. The van der Waals surface area contributed by atoms with Gasteiger partial charge in [-0.25, -0.2) is 9.59 Å². The van der Waals surface area contributed by atoms with E-state index in [4.69, 9.17) is 4.74 Å². The minimum absolute atomic E-state index is 0.485. The smallest absolute Gasteiger partial charge is 0.347 e. The van der Waals surface area contributed by atoms with Crippen LogP contribution >= 0.6 is 0 Å². The maximum atomic E-state index is 12.4. The van der Waals surface area contributed by atoms with Crippen molar-refractivity contribution in [2.45, 2.75) is 0 Å². The summed E-state index contributed by atoms with van der Waals surface area (Å²) in [6.45, 7) is 0. The van der Waals surface area contributed by atoms with Crippen molar-refractivity contribution in [2.24, 2.45) is 0 Å². The average Bonchev–Trinajstić information content (AvgIpc) is 2.56. The maximum absolute atomic E-state index is 12.4. The first-order chi connectivity index (χ1) is 11.2. The minimum atomic E-state index is -0.570. The number of carbonyl (C=O) groups is 2. The van der Waals surface area contributed by atoms with Gasteiger partial charge in [0.2, 0.25) is 0 Å². The topological polar surface area (TPSA) is 43.4 Å². The summed E-state index contributed by atoms with van der Waals surface area (Å²) in [5.74, 6) is -1.14. The first-order valence-electron chi connectivity index (χ1n) is 7.38. The molecule has 4 aromatic rings. The molecule has 0 unspecified atom stereocenters. The highest BCUT2D eigenvalue weighted by molar-refractivity contribution is 6.30. The first kappa shape index (κ1) is 12.4. The average molecular weight is 298 g/mol. The maximum Gasteiger partial charge on any atom is 0.347 e. The Hall–Kier alpha value is -3.20. The van der Waals surface area contributed by atoms with Gasteiger partial charge in [-0.2, -0.15) is 0 Å². The minimum Gasteiger partial charge on any atom is -0.386 e. The van der Waals surface area contributed by atoms with E-state index in [1.165, 1.54) is 0 Å². The van der Waals surface area contributed by atoms with Gasteiger partial charge in [0.15, 0.2) is 0 Å². The normalized spacial score (nSPS) is 13.7. The molecule has 0 N–H and O–H groups in total. The molecule has 0 fully saturated rings. The Balaban J connectivity index is 2.16. The molecule has 0 spiro atoms. The Morgan fingerprint density at radius 1 is 0.609 bits per heavy atom. The lowest BCUT2D eigenvalue weighted by Gasteiger charge is -2.19. The van der Waals surface area contributed by atoms with Crippen LogP contribution in [0.1, 0.15) is 20.7 Å². The van der Waals surface area contributed by atoms with Gasteiger partial charge in [0.25, 0.3) is 0 Å². The molecule has 0 atom stereocenters. The predicted molar refractivity (Wildman–Crippen MR) is 88.7 cm³/mol. The third-order valence-electron chi connectivity index (χ3n) is 4.46. The number of ether oxygens (including phenoxy) is 1. The molecule has 0 aliphatic carbocycles. The third-order valence-corrected chi connectivity index (χ3v) is 4.46. The van der Waals surface area contributed by atoms with Crippen molar-refractivity contribution in [3.05, 3.63) is 71.8 Å². The molecule has 0 amide bonds. The molecule has 4 aromatic carbocycles. The van der Waals surface area contributed by atoms with Gasteiger partial charge in [0.1, 0.15) is 0 Å². The molecule has 3 heteroatoms. The van der Waals surface area contributed by atoms with Crippen LogP contribution in [0.5, 0.6) is 0 Å². The summed E-state index contributed by atoms with van der Waals surface area (Å²) in [6, 6.07) is 19.4. The zero-order valence-corrected chi connectivity index (χ0v) is 12.0. The van der Waals surface area contributed by atoms with Crippen LogP contribution in [0, 0.1) is 0 Å². The summed E-state index contributed by atoms with van der Waals surface area (Å²) < 4.78 is 5.04. The van der Waals surface area contributed by atoms with E-state index in [0.29, 0.717) is 16.5 Å². The molecule has 0 bridgehead atoms. The van der Waals surface area contributed by atoms with Crippen molar-refractivity contribution in [2.75, 3.05) is 0 Å². The Labute approximate surface area is 131 Å². The molecule has 0 aromatic heterocycles. The van der Waals surface area contributed by atoms with Crippen LogP contribution in [0.25, 0.3) is 32.3 Å². The molecule has 3 nitrogen and oxygen atoms in total. The highest BCUT2D eigenvalue weighted by Gasteiger charge is 2.30. The van der Waals surface area contributed by atoms with Crippen LogP contribution in [0.4, 0.5) is 0 Å². The second-order valence-corrected chi connectivity index (χ2v) is 5.72. The van der Waals surface area contributed by atoms with Crippen molar-refractivity contribution in [1.82, 2.24) is 0 Å². The largest absolute Gasteiger partial charge is 0.386 e. The number of rotatable bonds is 0. The lowest BCUT2D eigenvalue weighted by molar-refractivity contribution is 0.0394. The molecule has 0 saturated carbocycles. The Morgan fingerprint density at radius 2 is 1.09 bits per heavy atom. The standard InChI is InChI=1S/C20H10O3/c21-19-17-14-7-3-1-5-11(14)9-13-10-12-6-2-4-8-15(12)18(16(13)17)20(22)23-19/h1-10H. The Morgan fingerprint density at radius 3 is 1.61 bits per heavy atom. The quantitative estimate of drug-likeness (QED) is 0.273. The number of fused-ring (bicyclic) bond motifs is 4. The fourth-order valence-electron chi connectivity index (χ4n) is 3.52. The van der Waals surface area contributed by atoms with Crippen LogP contribution < -0.4 is 0 Å². The number of carbonyl (C=O) groups excluding carboxylic acids is 2. The van der Waals surface area contributed by atoms with Crippen molar-refractivity contribution < 1.29 is 14.3 Å². The van der Waals surface area contributed by atoms with Crippen LogP contribution in [-0.2, 0) is 4.74 Å². The van der Waals surface area contributed by atoms with Gasteiger partial charge in [-0.15, -0.1) is 0 Å². The second-order valence-electron chi connectivity index (χ2n) is 5.72. The fraction of sp³-hybridized carbons (Fsp3) is 0. The number of esters is 2. The van der Waals surface area contributed by atoms with E-state index in [0.717, 1.165) is 26.9 Å². The van der Waals surface area contributed by atoms with Crippen molar-refractivity contribution in [3.8, 4) is 0 Å². The van der Waals surface area contributed by atoms with E-state index in [1.807, 2.05) is 60.7 Å². The Bertz CT molecular complexity index is 1080. The van der Waals surface area contributed by atoms with Crippen LogP contribution in [0.3, 0.4) is 0 Å². The van der Waals surface area contributed by atoms with Crippen LogP contribution in [0.2, 0.25) is 0 Å². The molecule has 1 aliphatic heterocycles. The molecular formula is C20H10O3. The van der Waals surface area contributed by atoms with Gasteiger partial charge in [0, 0.05) is 5.39 Å². The number of benzene rings is 4. The van der Waals surface area contributed by atoms with Gasteiger partial charge in [0.05, 0.1) is 11.1 Å². The summed E-state index contributed by atoms with van der Waals surface area (Å²) in [6.07, 6.45) is 0. The van der Waals surface area contributed by atoms with E-state index in [9.17, 15) is 9.59 Å². The summed E-state index contributed by atoms with van der Waals surface area (Å²) in [5, 5.41) is 5.13. The van der Waals surface area contributed by atoms with Gasteiger partial charge in [-0.05, 0) is 39.1 Å². The predicted octanol–water partition coefficient (Wildman–Crippen LogP) is 4.46. The molecule has 1 aliphatic rings. The highest BCUT2D eigenvalue weighted by atomic mass is 16.6. The van der Waals surface area contributed by atoms with Crippen molar-refractivity contribution >= 4 is 44.3 Å². The second kappa shape index (κ2) is 4.17. The highest BCUT2D eigenvalue weighted by Crippen LogP contribution is 2.38. The molecule has 5 rings (SSSR count). The first-order valence-corrected chi connectivity index (χ1v) is 7.38. The van der Waals surface area contributed by atoms with Crippen LogP contribution in [0.15, 0.2) is 60.7 Å². The van der Waals surface area contributed by atoms with Gasteiger partial charge in [-0.3, -0.25) is 0 Å². The van der Waals surface area contributed by atoms with Gasteiger partial charge < -0.3 is 4.74 Å². The zero-order chi connectivity index (χ0) is 15.6. The lowest BCUT2D eigenvalue weighted by atomic mass is 9.89. The molecular weight excluding hydrogens is 288 g/mol. The summed E-state index contributed by atoms with van der Waals surface area (Å²) in [7, 11) is 0. The van der Waals surface area contributed by atoms with E-state index in [2.05, 4.69) is 0 Å². The van der Waals surface area contributed by atoms with Gasteiger partial charge >= 0.3 is 11.9 Å². The SMILES string of the molecule is O=C1OC(=O)c2c3ccccc3cc3cc4ccccc4c1c23. The summed E-state index contributed by atoms with van der Waals surface area (Å²) in [5.41, 5.74) is 0.969.